The normalized spacial score (nSPS) is 12.0. The van der Waals surface area contributed by atoms with Crippen LogP contribution in [0.25, 0.3) is 0 Å². The maximum absolute atomic E-state index is 11.9. The van der Waals surface area contributed by atoms with Crippen molar-refractivity contribution in [2.45, 2.75) is 262 Å². The Hall–Kier alpha value is -3.05. The van der Waals surface area contributed by atoms with Crippen LogP contribution in [0.3, 0.4) is 0 Å². The molecule has 0 atom stereocenters. The minimum Gasteiger partial charge on any atom is -0.550 e. The standard InChI is InChI=1S/4C12H22O5.Ti/c4*1-6-12(16-8(2)3,17-9(4)5)10(13)7-11(14)15;/h4*8-9H,6-7H2,1-5H3,(H,14,15);/q;;;;+4/p-4. The molecular weight excluding hydrogens is 944 g/mol. The number of carboxylic acids is 4. The van der Waals surface area contributed by atoms with Crippen LogP contribution in [0.2, 0.25) is 0 Å². The predicted molar refractivity (Wildman–Crippen MR) is 240 cm³/mol. The van der Waals surface area contributed by atoms with E-state index in [1.165, 1.54) is 0 Å². The van der Waals surface area contributed by atoms with Crippen LogP contribution in [0.15, 0.2) is 0 Å². The molecule has 0 N–H and O–H groups in total. The number of hydrogen-bond acceptors (Lipinski definition) is 20. The van der Waals surface area contributed by atoms with E-state index in [0.717, 1.165) is 0 Å². The monoisotopic (exact) mass is 1030 g/mol. The van der Waals surface area contributed by atoms with Gasteiger partial charge >= 0.3 is 21.7 Å². The van der Waals surface area contributed by atoms with Gasteiger partial charge in [-0.25, -0.2) is 0 Å². The number of hydrogen-bond donors (Lipinski definition) is 0. The zero-order chi connectivity index (χ0) is 54.6. The Kier molecular flexibility index (Phi) is 40.0. The van der Waals surface area contributed by atoms with E-state index in [-0.39, 0.29) is 96.2 Å². The van der Waals surface area contributed by atoms with E-state index in [2.05, 4.69) is 0 Å². The van der Waals surface area contributed by atoms with Crippen molar-refractivity contribution in [2.24, 2.45) is 0 Å². The van der Waals surface area contributed by atoms with Gasteiger partial charge in [-0.3, -0.25) is 19.2 Å². The minimum atomic E-state index is -1.48. The molecule has 0 heterocycles. The predicted octanol–water partition coefficient (Wildman–Crippen LogP) is 2.60. The molecule has 0 aliphatic heterocycles. The van der Waals surface area contributed by atoms with Crippen LogP contribution in [0.5, 0.6) is 0 Å². The third kappa shape index (κ3) is 32.5. The van der Waals surface area contributed by atoms with Gasteiger partial charge in [0.2, 0.25) is 23.1 Å². The molecule has 20 nitrogen and oxygen atoms in total. The van der Waals surface area contributed by atoms with Gasteiger partial charge in [-0.1, -0.05) is 27.7 Å². The van der Waals surface area contributed by atoms with Crippen molar-refractivity contribution >= 4 is 47.0 Å². The van der Waals surface area contributed by atoms with Crippen molar-refractivity contribution in [1.29, 1.82) is 0 Å². The molecule has 0 aliphatic carbocycles. The Bertz CT molecular complexity index is 1270. The number of carbonyl (C=O) groups excluding carboxylic acids is 8. The van der Waals surface area contributed by atoms with Crippen LogP contribution in [0, 0.1) is 0 Å². The molecule has 0 aromatic carbocycles. The summed E-state index contributed by atoms with van der Waals surface area (Å²) < 4.78 is 44.0. The van der Waals surface area contributed by atoms with Gasteiger partial charge in [0.15, 0.2) is 23.1 Å². The van der Waals surface area contributed by atoms with Crippen molar-refractivity contribution < 1.29 is 118 Å². The average molecular weight is 1030 g/mol. The third-order valence-corrected chi connectivity index (χ3v) is 8.19. The molecule has 0 saturated heterocycles. The quantitative estimate of drug-likeness (QED) is 0.0531. The summed E-state index contributed by atoms with van der Waals surface area (Å²) in [4.78, 5) is 89.6. The fourth-order valence-electron chi connectivity index (χ4n) is 6.20. The van der Waals surface area contributed by atoms with Crippen molar-refractivity contribution in [3.63, 3.8) is 0 Å². The number of carbonyl (C=O) groups is 8. The number of carboxylic acid groups (broad SMARTS) is 4. The molecule has 0 radical (unpaired) electrons. The molecule has 0 fully saturated rings. The molecule has 0 spiro atoms. The molecular formula is C48H84O20Ti. The number of aliphatic carboxylic acids is 4. The van der Waals surface area contributed by atoms with Gasteiger partial charge in [-0.05, 0) is 111 Å². The topological polar surface area (TPSA) is 303 Å². The van der Waals surface area contributed by atoms with Crippen molar-refractivity contribution in [3.05, 3.63) is 0 Å². The van der Waals surface area contributed by atoms with Crippen molar-refractivity contribution in [3.8, 4) is 0 Å². The molecule has 0 aromatic rings. The van der Waals surface area contributed by atoms with E-state index < -0.39 is 95.8 Å². The van der Waals surface area contributed by atoms with Gasteiger partial charge in [0.1, 0.15) is 0 Å². The molecule has 21 heteroatoms. The van der Waals surface area contributed by atoms with E-state index in [4.69, 9.17) is 37.9 Å². The summed E-state index contributed by atoms with van der Waals surface area (Å²) in [5.74, 6) is -14.1. The van der Waals surface area contributed by atoms with Gasteiger partial charge in [-0.2, -0.15) is 0 Å². The van der Waals surface area contributed by atoms with Crippen molar-refractivity contribution in [1.82, 2.24) is 0 Å². The molecule has 400 valence electrons. The van der Waals surface area contributed by atoms with E-state index >= 15 is 0 Å². The van der Waals surface area contributed by atoms with Gasteiger partial charge in [0, 0.05) is 49.6 Å². The molecule has 0 rings (SSSR count). The summed E-state index contributed by atoms with van der Waals surface area (Å²) in [7, 11) is 0. The number of ketones is 4. The van der Waals surface area contributed by atoms with E-state index in [9.17, 15) is 58.8 Å². The number of ether oxygens (including phenoxy) is 8. The molecule has 0 unspecified atom stereocenters. The van der Waals surface area contributed by atoms with Crippen LogP contribution in [0.4, 0.5) is 0 Å². The second kappa shape index (κ2) is 36.8. The van der Waals surface area contributed by atoms with Gasteiger partial charge < -0.3 is 77.5 Å². The Morgan fingerprint density at radius 3 is 0.449 bits per heavy atom. The number of rotatable bonds is 32. The van der Waals surface area contributed by atoms with Gasteiger partial charge in [0.05, 0.1) is 74.5 Å². The molecule has 0 saturated carbocycles. The smallest absolute Gasteiger partial charge is 0.550 e. The molecule has 69 heavy (non-hydrogen) atoms. The fourth-order valence-corrected chi connectivity index (χ4v) is 6.20. The van der Waals surface area contributed by atoms with Gasteiger partial charge in [-0.15, -0.1) is 0 Å². The first-order valence-corrected chi connectivity index (χ1v) is 23.3. The minimum absolute atomic E-state index is 0. The molecule has 0 amide bonds. The van der Waals surface area contributed by atoms with Crippen LogP contribution in [-0.4, -0.2) is 119 Å². The van der Waals surface area contributed by atoms with E-state index in [1.54, 1.807) is 138 Å². The van der Waals surface area contributed by atoms with Gasteiger partial charge in [0.25, 0.3) is 0 Å². The first kappa shape index (κ1) is 74.9. The summed E-state index contributed by atoms with van der Waals surface area (Å²) in [6.07, 6.45) is -3.66. The first-order chi connectivity index (χ1) is 30.9. The molecule has 0 aliphatic rings. The van der Waals surface area contributed by atoms with Crippen LogP contribution in [-0.2, 0) is 98.0 Å². The Balaban J connectivity index is -0.000000263. The maximum atomic E-state index is 11.9. The van der Waals surface area contributed by atoms with Crippen LogP contribution in [0.1, 0.15) is 190 Å². The summed E-state index contributed by atoms with van der Waals surface area (Å²) in [6.45, 7) is 35.1. The van der Waals surface area contributed by atoms with E-state index in [0.29, 0.717) is 0 Å². The second-order valence-corrected chi connectivity index (χ2v) is 17.6. The second-order valence-electron chi connectivity index (χ2n) is 17.6. The van der Waals surface area contributed by atoms with Crippen LogP contribution >= 0.6 is 0 Å². The third-order valence-electron chi connectivity index (χ3n) is 8.19. The molecule has 0 bridgehead atoms. The Labute approximate surface area is 425 Å². The summed E-state index contributed by atoms with van der Waals surface area (Å²) in [5.41, 5.74) is 0. The summed E-state index contributed by atoms with van der Waals surface area (Å²) in [5, 5.41) is 42.0. The zero-order valence-corrected chi connectivity index (χ0v) is 46.5. The maximum Gasteiger partial charge on any atom is 4.00 e. The summed E-state index contributed by atoms with van der Waals surface area (Å²) in [6, 6.07) is 0. The Morgan fingerprint density at radius 1 is 0.290 bits per heavy atom. The first-order valence-electron chi connectivity index (χ1n) is 23.3. The van der Waals surface area contributed by atoms with Crippen LogP contribution < -0.4 is 20.4 Å². The summed E-state index contributed by atoms with van der Waals surface area (Å²) >= 11 is 0. The average Bonchev–Trinajstić information content (AvgIpc) is 3.14. The SMILES string of the molecule is CCC(OC(C)C)(OC(C)C)C(=O)CC(=O)[O-].CCC(OC(C)C)(OC(C)C)C(=O)CC(=O)[O-].CCC(OC(C)C)(OC(C)C)C(=O)CC(=O)[O-].CCC(OC(C)C)(OC(C)C)C(=O)CC(=O)[O-].[Ti+4]. The molecule has 0 aromatic heterocycles. The zero-order valence-electron chi connectivity index (χ0n) is 44.9. The van der Waals surface area contributed by atoms with E-state index in [1.807, 2.05) is 0 Å². The Morgan fingerprint density at radius 2 is 0.391 bits per heavy atom. The number of Topliss-reactive ketones (excluding diaryl/α,β-unsaturated/α-hetero) is 4. The van der Waals surface area contributed by atoms with Crippen molar-refractivity contribution in [2.75, 3.05) is 0 Å². The largest absolute Gasteiger partial charge is 4.00 e. The fraction of sp³-hybridized carbons (Fsp3) is 0.833.